The van der Waals surface area contributed by atoms with E-state index in [1.165, 1.54) is 12.8 Å². The van der Waals surface area contributed by atoms with Crippen LogP contribution in [-0.2, 0) is 0 Å². The minimum Gasteiger partial charge on any atom is -0.338 e. The minimum absolute atomic E-state index is 0.00606. The van der Waals surface area contributed by atoms with Crippen molar-refractivity contribution in [2.75, 3.05) is 7.05 Å². The van der Waals surface area contributed by atoms with Crippen molar-refractivity contribution in [1.82, 2.24) is 4.90 Å². The van der Waals surface area contributed by atoms with Crippen molar-refractivity contribution >= 4 is 21.8 Å². The minimum atomic E-state index is -0.00606. The number of hydrogen-bond donors (Lipinski definition) is 0. The Labute approximate surface area is 122 Å². The third-order valence-corrected chi connectivity index (χ3v) is 4.77. The second-order valence-corrected chi connectivity index (χ2v) is 6.15. The van der Waals surface area contributed by atoms with Gasteiger partial charge in [0, 0.05) is 23.5 Å². The Hall–Kier alpha value is -1.34. The molecular weight excluding hydrogens is 304 g/mol. The van der Waals surface area contributed by atoms with Crippen molar-refractivity contribution in [2.24, 2.45) is 0 Å². The molecule has 0 saturated heterocycles. The van der Waals surface area contributed by atoms with Crippen molar-refractivity contribution < 1.29 is 4.79 Å². The van der Waals surface area contributed by atoms with Crippen LogP contribution in [0.2, 0.25) is 0 Å². The molecule has 0 spiro atoms. The summed E-state index contributed by atoms with van der Waals surface area (Å²) >= 11 is 3.68. The average molecular weight is 321 g/mol. The van der Waals surface area contributed by atoms with E-state index < -0.39 is 0 Å². The van der Waals surface area contributed by atoms with Gasteiger partial charge in [0.25, 0.3) is 5.91 Å². The first kappa shape index (κ1) is 14.1. The third kappa shape index (κ3) is 3.16. The smallest absolute Gasteiger partial charge is 0.253 e. The van der Waals surface area contributed by atoms with Crippen molar-refractivity contribution in [1.29, 1.82) is 5.26 Å². The fraction of sp³-hybridized carbons (Fsp3) is 0.467. The van der Waals surface area contributed by atoms with E-state index in [1.54, 1.807) is 24.3 Å². The summed E-state index contributed by atoms with van der Waals surface area (Å²) in [7, 11) is 1.85. The van der Waals surface area contributed by atoms with E-state index in [-0.39, 0.29) is 11.9 Å². The second-order valence-electron chi connectivity index (χ2n) is 4.98. The van der Waals surface area contributed by atoms with Crippen molar-refractivity contribution in [3.63, 3.8) is 0 Å². The number of carbonyl (C=O) groups is 1. The molecule has 1 aliphatic rings. The van der Waals surface area contributed by atoms with Gasteiger partial charge in [0.2, 0.25) is 0 Å². The Bertz CT molecular complexity index is 509. The van der Waals surface area contributed by atoms with Gasteiger partial charge < -0.3 is 4.90 Å². The van der Waals surface area contributed by atoms with E-state index >= 15 is 0 Å². The summed E-state index contributed by atoms with van der Waals surface area (Å²) in [6.07, 6.45) is 4.54. The van der Waals surface area contributed by atoms with Gasteiger partial charge in [0.05, 0.1) is 11.6 Å². The predicted molar refractivity (Wildman–Crippen MR) is 78.2 cm³/mol. The average Bonchev–Trinajstić information content (AvgIpc) is 2.46. The van der Waals surface area contributed by atoms with Gasteiger partial charge in [-0.25, -0.2) is 0 Å². The Morgan fingerprint density at radius 2 is 2.16 bits per heavy atom. The Morgan fingerprint density at radius 3 is 2.84 bits per heavy atom. The molecule has 2 unspecified atom stereocenters. The molecule has 100 valence electrons. The zero-order valence-electron chi connectivity index (χ0n) is 11.0. The number of nitrogens with zero attached hydrogens (tertiary/aromatic N) is 2. The zero-order chi connectivity index (χ0) is 13.8. The molecule has 0 aliphatic heterocycles. The summed E-state index contributed by atoms with van der Waals surface area (Å²) in [5.74, 6) is -0.00606. The lowest BCUT2D eigenvalue weighted by Crippen LogP contribution is -2.44. The Morgan fingerprint density at radius 1 is 1.42 bits per heavy atom. The molecule has 0 aromatic heterocycles. The van der Waals surface area contributed by atoms with E-state index in [1.807, 2.05) is 11.9 Å². The van der Waals surface area contributed by atoms with Crippen LogP contribution < -0.4 is 0 Å². The molecule has 3 nitrogen and oxygen atoms in total. The lowest BCUT2D eigenvalue weighted by Gasteiger charge is -2.35. The van der Waals surface area contributed by atoms with E-state index in [0.717, 1.165) is 12.8 Å². The lowest BCUT2D eigenvalue weighted by atomic mass is 9.94. The number of halogens is 1. The molecule has 2 rings (SSSR count). The standard InChI is InChI=1S/C15H17BrN2O/c1-18(14-8-3-2-7-13(14)16)15(19)12-6-4-5-11(9-12)10-17/h4-6,9,13-14H,2-3,7-8H2,1H3. The first-order chi connectivity index (χ1) is 9.13. The van der Waals surface area contributed by atoms with Gasteiger partial charge in [-0.05, 0) is 31.0 Å². The SMILES string of the molecule is CN(C(=O)c1cccc(C#N)c1)C1CCCCC1Br. The molecule has 1 fully saturated rings. The van der Waals surface area contributed by atoms with Gasteiger partial charge in [-0.3, -0.25) is 4.79 Å². The van der Waals surface area contributed by atoms with Crippen LogP contribution in [0, 0.1) is 11.3 Å². The highest BCUT2D eigenvalue weighted by molar-refractivity contribution is 9.09. The summed E-state index contributed by atoms with van der Waals surface area (Å²) in [5, 5.41) is 8.89. The van der Waals surface area contributed by atoms with Gasteiger partial charge >= 0.3 is 0 Å². The van der Waals surface area contributed by atoms with Crippen LogP contribution in [0.15, 0.2) is 24.3 Å². The van der Waals surface area contributed by atoms with Gasteiger partial charge in [-0.15, -0.1) is 0 Å². The number of hydrogen-bond acceptors (Lipinski definition) is 2. The molecule has 1 aromatic carbocycles. The van der Waals surface area contributed by atoms with Crippen molar-refractivity contribution in [3.8, 4) is 6.07 Å². The normalized spacial score (nSPS) is 22.6. The molecule has 1 aromatic rings. The molecule has 0 bridgehead atoms. The van der Waals surface area contributed by atoms with Crippen LogP contribution in [0.4, 0.5) is 0 Å². The molecule has 0 heterocycles. The molecule has 19 heavy (non-hydrogen) atoms. The molecule has 1 aliphatic carbocycles. The van der Waals surface area contributed by atoms with Crippen LogP contribution >= 0.6 is 15.9 Å². The number of rotatable bonds is 2. The van der Waals surface area contributed by atoms with E-state index in [4.69, 9.17) is 5.26 Å². The first-order valence-electron chi connectivity index (χ1n) is 6.55. The maximum absolute atomic E-state index is 12.5. The fourth-order valence-corrected chi connectivity index (χ4v) is 3.52. The molecular formula is C15H17BrN2O. The van der Waals surface area contributed by atoms with Crippen molar-refractivity contribution in [3.05, 3.63) is 35.4 Å². The second kappa shape index (κ2) is 6.21. The number of alkyl halides is 1. The van der Waals surface area contributed by atoms with Gasteiger partial charge in [-0.2, -0.15) is 5.26 Å². The molecule has 1 amide bonds. The molecule has 4 heteroatoms. The Kier molecular flexibility index (Phi) is 4.60. The van der Waals surface area contributed by atoms with Crippen LogP contribution in [0.5, 0.6) is 0 Å². The molecule has 2 atom stereocenters. The lowest BCUT2D eigenvalue weighted by molar-refractivity contribution is 0.0704. The third-order valence-electron chi connectivity index (χ3n) is 3.70. The van der Waals surface area contributed by atoms with Crippen molar-refractivity contribution in [2.45, 2.75) is 36.6 Å². The maximum atomic E-state index is 12.5. The number of carbonyl (C=O) groups excluding carboxylic acids is 1. The fourth-order valence-electron chi connectivity index (χ4n) is 2.58. The first-order valence-corrected chi connectivity index (χ1v) is 7.46. The summed E-state index contributed by atoms with van der Waals surface area (Å²) in [5.41, 5.74) is 1.12. The molecule has 0 N–H and O–H groups in total. The van der Waals surface area contributed by atoms with Crippen LogP contribution in [0.3, 0.4) is 0 Å². The van der Waals surface area contributed by atoms with Crippen LogP contribution in [0.25, 0.3) is 0 Å². The van der Waals surface area contributed by atoms with E-state index in [9.17, 15) is 4.79 Å². The highest BCUT2D eigenvalue weighted by atomic mass is 79.9. The van der Waals surface area contributed by atoms with E-state index in [0.29, 0.717) is 16.0 Å². The van der Waals surface area contributed by atoms with Gasteiger partial charge in [-0.1, -0.05) is 34.8 Å². The van der Waals surface area contributed by atoms with Crippen LogP contribution in [0.1, 0.15) is 41.6 Å². The van der Waals surface area contributed by atoms with Gasteiger partial charge in [0.15, 0.2) is 0 Å². The quantitative estimate of drug-likeness (QED) is 0.784. The summed E-state index contributed by atoms with van der Waals surface area (Å²) < 4.78 is 0. The van der Waals surface area contributed by atoms with E-state index in [2.05, 4.69) is 22.0 Å². The molecule has 1 saturated carbocycles. The maximum Gasteiger partial charge on any atom is 0.253 e. The largest absolute Gasteiger partial charge is 0.338 e. The highest BCUT2D eigenvalue weighted by Gasteiger charge is 2.29. The summed E-state index contributed by atoms with van der Waals surface area (Å²) in [4.78, 5) is 14.6. The monoisotopic (exact) mass is 320 g/mol. The molecule has 0 radical (unpaired) electrons. The summed E-state index contributed by atoms with van der Waals surface area (Å²) in [6.45, 7) is 0. The van der Waals surface area contributed by atoms with Crippen LogP contribution in [-0.4, -0.2) is 28.7 Å². The summed E-state index contributed by atoms with van der Waals surface area (Å²) in [6, 6.07) is 9.21. The number of benzene rings is 1. The topological polar surface area (TPSA) is 44.1 Å². The Balaban J connectivity index is 2.16. The number of amides is 1. The zero-order valence-corrected chi connectivity index (χ0v) is 12.6. The highest BCUT2D eigenvalue weighted by Crippen LogP contribution is 2.28. The van der Waals surface area contributed by atoms with Gasteiger partial charge in [0.1, 0.15) is 0 Å². The predicted octanol–water partition coefficient (Wildman–Crippen LogP) is 3.34. The number of nitriles is 1.